The molecule has 0 bridgehead atoms. The van der Waals surface area contributed by atoms with Gasteiger partial charge in [-0.1, -0.05) is 54.1 Å². The van der Waals surface area contributed by atoms with Crippen molar-refractivity contribution < 1.29 is 22.4 Å². The molecule has 0 heterocycles. The van der Waals surface area contributed by atoms with Crippen molar-refractivity contribution in [3.63, 3.8) is 0 Å². The molecule has 33 heavy (non-hydrogen) atoms. The first-order chi connectivity index (χ1) is 15.6. The van der Waals surface area contributed by atoms with Crippen LogP contribution in [0.2, 0.25) is 5.02 Å². The number of hydrogen-bond acceptors (Lipinski definition) is 4. The summed E-state index contributed by atoms with van der Waals surface area (Å²) in [5.41, 5.74) is 1.39. The average Bonchev–Trinajstić information content (AvgIpc) is 2.78. The number of rotatable bonds is 8. The van der Waals surface area contributed by atoms with E-state index in [1.807, 2.05) is 30.3 Å². The highest BCUT2D eigenvalue weighted by molar-refractivity contribution is 7.92. The second-order valence-electron chi connectivity index (χ2n) is 7.13. The maximum absolute atomic E-state index is 13.5. The number of benzene rings is 3. The first-order valence-corrected chi connectivity index (χ1v) is 12.0. The highest BCUT2D eigenvalue weighted by atomic mass is 35.5. The van der Waals surface area contributed by atoms with E-state index in [0.29, 0.717) is 6.54 Å². The topological polar surface area (TPSA) is 95.6 Å². The number of para-hydroxylation sites is 1. The zero-order valence-corrected chi connectivity index (χ0v) is 19.2. The average molecular weight is 490 g/mol. The SMILES string of the molecule is CS(=O)(=O)N(CC(=O)Nc1ccccc1C(=O)NCc1ccccc1)c1ccc(F)c(Cl)c1. The molecule has 0 aliphatic heterocycles. The Morgan fingerprint density at radius 3 is 2.33 bits per heavy atom. The monoisotopic (exact) mass is 489 g/mol. The Morgan fingerprint density at radius 1 is 1.00 bits per heavy atom. The fourth-order valence-corrected chi connectivity index (χ4v) is 4.05. The Labute approximate surface area is 196 Å². The van der Waals surface area contributed by atoms with Crippen LogP contribution in [0, 0.1) is 5.82 Å². The summed E-state index contributed by atoms with van der Waals surface area (Å²) in [4.78, 5) is 25.4. The first-order valence-electron chi connectivity index (χ1n) is 9.79. The molecule has 3 aromatic rings. The summed E-state index contributed by atoms with van der Waals surface area (Å²) < 4.78 is 38.8. The number of hydrogen-bond donors (Lipinski definition) is 2. The van der Waals surface area contributed by atoms with Crippen LogP contribution in [0.25, 0.3) is 0 Å². The van der Waals surface area contributed by atoms with Crippen LogP contribution in [0.1, 0.15) is 15.9 Å². The van der Waals surface area contributed by atoms with Gasteiger partial charge in [-0.25, -0.2) is 12.8 Å². The highest BCUT2D eigenvalue weighted by Gasteiger charge is 2.23. The molecular weight excluding hydrogens is 469 g/mol. The van der Waals surface area contributed by atoms with Crippen LogP contribution in [0.4, 0.5) is 15.8 Å². The van der Waals surface area contributed by atoms with Gasteiger partial charge in [-0.15, -0.1) is 0 Å². The lowest BCUT2D eigenvalue weighted by molar-refractivity contribution is -0.114. The zero-order chi connectivity index (χ0) is 24.0. The fraction of sp³-hybridized carbons (Fsp3) is 0.130. The van der Waals surface area contributed by atoms with Gasteiger partial charge in [0, 0.05) is 6.54 Å². The lowest BCUT2D eigenvalue weighted by atomic mass is 10.1. The number of nitrogens with one attached hydrogen (secondary N) is 2. The molecule has 7 nitrogen and oxygen atoms in total. The van der Waals surface area contributed by atoms with Crippen LogP contribution in [-0.4, -0.2) is 33.0 Å². The molecule has 0 radical (unpaired) electrons. The minimum absolute atomic E-state index is 0.0351. The van der Waals surface area contributed by atoms with Gasteiger partial charge in [0.15, 0.2) is 0 Å². The Morgan fingerprint density at radius 2 is 1.67 bits per heavy atom. The van der Waals surface area contributed by atoms with E-state index < -0.39 is 34.2 Å². The summed E-state index contributed by atoms with van der Waals surface area (Å²) in [6, 6.07) is 19.0. The van der Waals surface area contributed by atoms with E-state index in [0.717, 1.165) is 28.3 Å². The second-order valence-corrected chi connectivity index (χ2v) is 9.44. The van der Waals surface area contributed by atoms with E-state index in [1.54, 1.807) is 18.2 Å². The number of halogens is 2. The molecule has 0 aromatic heterocycles. The molecule has 0 spiro atoms. The molecule has 2 amide bonds. The van der Waals surface area contributed by atoms with E-state index >= 15 is 0 Å². The third kappa shape index (κ3) is 6.53. The number of amides is 2. The van der Waals surface area contributed by atoms with E-state index in [1.165, 1.54) is 12.1 Å². The van der Waals surface area contributed by atoms with Crippen LogP contribution >= 0.6 is 11.6 Å². The zero-order valence-electron chi connectivity index (χ0n) is 17.6. The Bertz CT molecular complexity index is 1270. The number of nitrogens with zero attached hydrogens (tertiary/aromatic N) is 1. The van der Waals surface area contributed by atoms with Crippen molar-refractivity contribution in [2.75, 3.05) is 22.4 Å². The third-order valence-corrected chi connectivity index (χ3v) is 6.05. The Balaban J connectivity index is 1.75. The van der Waals surface area contributed by atoms with Crippen molar-refractivity contribution in [3.05, 3.63) is 94.8 Å². The summed E-state index contributed by atoms with van der Waals surface area (Å²) in [5, 5.41) is 5.08. The van der Waals surface area contributed by atoms with Gasteiger partial charge in [-0.3, -0.25) is 13.9 Å². The standard InChI is InChI=1S/C23H21ClFN3O4S/c1-33(31,32)28(17-11-12-20(25)19(24)13-17)15-22(29)27-21-10-6-5-9-18(21)23(30)26-14-16-7-3-2-4-8-16/h2-13H,14-15H2,1H3,(H,26,30)(H,27,29). The third-order valence-electron chi connectivity index (χ3n) is 4.62. The minimum atomic E-state index is -3.89. The Kier molecular flexibility index (Phi) is 7.67. The van der Waals surface area contributed by atoms with E-state index in [-0.39, 0.29) is 22.0 Å². The quantitative estimate of drug-likeness (QED) is 0.503. The molecule has 10 heteroatoms. The molecule has 3 rings (SSSR count). The smallest absolute Gasteiger partial charge is 0.253 e. The summed E-state index contributed by atoms with van der Waals surface area (Å²) in [5.74, 6) is -1.81. The van der Waals surface area contributed by atoms with Gasteiger partial charge in [0.1, 0.15) is 12.4 Å². The van der Waals surface area contributed by atoms with E-state index in [4.69, 9.17) is 11.6 Å². The molecule has 0 saturated carbocycles. The largest absolute Gasteiger partial charge is 0.348 e. The first kappa shape index (κ1) is 24.2. The van der Waals surface area contributed by atoms with Gasteiger partial charge in [-0.2, -0.15) is 0 Å². The molecular formula is C23H21ClFN3O4S. The van der Waals surface area contributed by atoms with Crippen LogP contribution in [0.15, 0.2) is 72.8 Å². The lowest BCUT2D eigenvalue weighted by Gasteiger charge is -2.22. The molecule has 0 aliphatic carbocycles. The van der Waals surface area contributed by atoms with Gasteiger partial charge in [0.25, 0.3) is 5.91 Å². The maximum Gasteiger partial charge on any atom is 0.253 e. The molecule has 0 fully saturated rings. The maximum atomic E-state index is 13.5. The summed E-state index contributed by atoms with van der Waals surface area (Å²) in [7, 11) is -3.89. The Hall–Kier alpha value is -3.43. The molecule has 0 atom stereocenters. The molecule has 2 N–H and O–H groups in total. The second kappa shape index (κ2) is 10.5. The van der Waals surface area contributed by atoms with Crippen LogP contribution < -0.4 is 14.9 Å². The van der Waals surface area contributed by atoms with Crippen molar-refractivity contribution >= 4 is 44.8 Å². The van der Waals surface area contributed by atoms with Gasteiger partial charge >= 0.3 is 0 Å². The minimum Gasteiger partial charge on any atom is -0.348 e. The van der Waals surface area contributed by atoms with Crippen LogP contribution in [-0.2, 0) is 21.4 Å². The van der Waals surface area contributed by atoms with Crippen molar-refractivity contribution in [2.24, 2.45) is 0 Å². The van der Waals surface area contributed by atoms with Crippen molar-refractivity contribution in [3.8, 4) is 0 Å². The normalized spacial score (nSPS) is 11.0. The highest BCUT2D eigenvalue weighted by Crippen LogP contribution is 2.24. The van der Waals surface area contributed by atoms with Crippen molar-refractivity contribution in [2.45, 2.75) is 6.54 Å². The molecule has 3 aromatic carbocycles. The number of sulfonamides is 1. The van der Waals surface area contributed by atoms with Crippen molar-refractivity contribution in [1.82, 2.24) is 5.32 Å². The predicted octanol–water partition coefficient (Wildman–Crippen LogP) is 3.81. The van der Waals surface area contributed by atoms with Gasteiger partial charge in [0.05, 0.1) is 28.2 Å². The number of anilines is 2. The van der Waals surface area contributed by atoms with Crippen LogP contribution in [0.3, 0.4) is 0 Å². The summed E-state index contributed by atoms with van der Waals surface area (Å²) in [6.45, 7) is -0.296. The van der Waals surface area contributed by atoms with E-state index in [9.17, 15) is 22.4 Å². The van der Waals surface area contributed by atoms with Gasteiger partial charge in [-0.05, 0) is 35.9 Å². The number of carbonyl (C=O) groups excluding carboxylic acids is 2. The van der Waals surface area contributed by atoms with E-state index in [2.05, 4.69) is 10.6 Å². The molecule has 0 unspecified atom stereocenters. The van der Waals surface area contributed by atoms with Gasteiger partial charge < -0.3 is 10.6 Å². The van der Waals surface area contributed by atoms with Crippen molar-refractivity contribution in [1.29, 1.82) is 0 Å². The molecule has 0 saturated heterocycles. The fourth-order valence-electron chi connectivity index (χ4n) is 3.02. The van der Waals surface area contributed by atoms with Crippen LogP contribution in [0.5, 0.6) is 0 Å². The molecule has 172 valence electrons. The summed E-state index contributed by atoms with van der Waals surface area (Å²) in [6.07, 6.45) is 0.919. The summed E-state index contributed by atoms with van der Waals surface area (Å²) >= 11 is 5.76. The van der Waals surface area contributed by atoms with Gasteiger partial charge in [0.2, 0.25) is 15.9 Å². The molecule has 0 aliphatic rings. The predicted molar refractivity (Wildman–Crippen MR) is 126 cm³/mol. The number of carbonyl (C=O) groups is 2. The lowest BCUT2D eigenvalue weighted by Crippen LogP contribution is -2.37.